The second-order valence-corrected chi connectivity index (χ2v) is 5.34. The van der Waals surface area contributed by atoms with Gasteiger partial charge in [-0.3, -0.25) is 14.5 Å². The first kappa shape index (κ1) is 15.1. The molecule has 1 aliphatic rings. The number of anilines is 2. The Balaban J connectivity index is 1.73. The van der Waals surface area contributed by atoms with Gasteiger partial charge in [0, 0.05) is 5.69 Å². The van der Waals surface area contributed by atoms with Gasteiger partial charge < -0.3 is 10.1 Å². The molecule has 118 valence electrons. The van der Waals surface area contributed by atoms with E-state index in [1.54, 1.807) is 12.1 Å². The highest BCUT2D eigenvalue weighted by atomic mass is 16.5. The van der Waals surface area contributed by atoms with Gasteiger partial charge in [0.2, 0.25) is 5.91 Å². The second kappa shape index (κ2) is 6.52. The van der Waals surface area contributed by atoms with Crippen LogP contribution < -0.4 is 15.0 Å². The minimum Gasteiger partial charge on any atom is -0.482 e. The Morgan fingerprint density at radius 2 is 2.04 bits per heavy atom. The van der Waals surface area contributed by atoms with Gasteiger partial charge in [0.05, 0.1) is 5.69 Å². The molecule has 2 aromatic rings. The van der Waals surface area contributed by atoms with Gasteiger partial charge in [-0.05, 0) is 36.2 Å². The van der Waals surface area contributed by atoms with Crippen molar-refractivity contribution in [2.24, 2.45) is 0 Å². The number of rotatable bonds is 4. The summed E-state index contributed by atoms with van der Waals surface area (Å²) in [7, 11) is 0. The van der Waals surface area contributed by atoms with Gasteiger partial charge in [0.25, 0.3) is 5.91 Å². The fourth-order valence-corrected chi connectivity index (χ4v) is 2.54. The Morgan fingerprint density at radius 3 is 2.87 bits per heavy atom. The number of carbonyl (C=O) groups is 2. The van der Waals surface area contributed by atoms with E-state index in [2.05, 4.69) is 12.2 Å². The van der Waals surface area contributed by atoms with Crippen LogP contribution in [-0.4, -0.2) is 25.0 Å². The predicted molar refractivity (Wildman–Crippen MR) is 88.7 cm³/mol. The number of benzene rings is 2. The molecule has 2 aromatic carbocycles. The van der Waals surface area contributed by atoms with Gasteiger partial charge in [-0.1, -0.05) is 31.2 Å². The Hall–Kier alpha value is -2.82. The molecule has 5 heteroatoms. The molecule has 0 saturated heterocycles. The lowest BCUT2D eigenvalue weighted by molar-refractivity contribution is -0.123. The number of fused-ring (bicyclic) bond motifs is 1. The minimum absolute atomic E-state index is 0.0322. The van der Waals surface area contributed by atoms with Crippen LogP contribution in [-0.2, 0) is 16.0 Å². The van der Waals surface area contributed by atoms with Crippen molar-refractivity contribution >= 4 is 23.2 Å². The number of aryl methyl sites for hydroxylation is 1. The van der Waals surface area contributed by atoms with E-state index < -0.39 is 0 Å². The van der Waals surface area contributed by atoms with Gasteiger partial charge in [-0.15, -0.1) is 0 Å². The fraction of sp³-hybridized carbons (Fsp3) is 0.222. The lowest BCUT2D eigenvalue weighted by Crippen LogP contribution is -2.43. The third kappa shape index (κ3) is 3.34. The summed E-state index contributed by atoms with van der Waals surface area (Å²) >= 11 is 0. The Kier molecular flexibility index (Phi) is 4.28. The van der Waals surface area contributed by atoms with Crippen molar-refractivity contribution in [1.29, 1.82) is 0 Å². The molecule has 0 saturated carbocycles. The number of nitrogens with zero attached hydrogens (tertiary/aromatic N) is 1. The molecule has 0 aliphatic carbocycles. The van der Waals surface area contributed by atoms with Gasteiger partial charge in [0.1, 0.15) is 12.3 Å². The van der Waals surface area contributed by atoms with Crippen molar-refractivity contribution in [2.75, 3.05) is 23.4 Å². The normalized spacial score (nSPS) is 13.3. The average Bonchev–Trinajstić information content (AvgIpc) is 2.57. The number of carbonyl (C=O) groups excluding carboxylic acids is 2. The van der Waals surface area contributed by atoms with Crippen molar-refractivity contribution < 1.29 is 14.3 Å². The standard InChI is InChI=1S/C18H18N2O3/c1-2-13-6-5-7-14(10-13)19-17(21)11-20-15-8-3-4-9-16(15)23-12-18(20)22/h3-10H,2,11-12H2,1H3,(H,19,21). The molecule has 5 nitrogen and oxygen atoms in total. The summed E-state index contributed by atoms with van der Waals surface area (Å²) in [6.07, 6.45) is 0.902. The smallest absolute Gasteiger partial charge is 0.265 e. The molecule has 0 unspecified atom stereocenters. The van der Waals surface area contributed by atoms with E-state index in [1.807, 2.05) is 36.4 Å². The van der Waals surface area contributed by atoms with E-state index in [9.17, 15) is 9.59 Å². The number of para-hydroxylation sites is 2. The van der Waals surface area contributed by atoms with Crippen LogP contribution in [0.5, 0.6) is 5.75 Å². The molecule has 0 spiro atoms. The first-order valence-electron chi connectivity index (χ1n) is 7.58. The molecule has 0 atom stereocenters. The highest BCUT2D eigenvalue weighted by Crippen LogP contribution is 2.31. The van der Waals surface area contributed by atoms with Gasteiger partial charge in [-0.25, -0.2) is 0 Å². The van der Waals surface area contributed by atoms with Crippen LogP contribution in [0.4, 0.5) is 11.4 Å². The summed E-state index contributed by atoms with van der Waals surface area (Å²) in [5.41, 5.74) is 2.51. The van der Waals surface area contributed by atoms with Crippen molar-refractivity contribution in [2.45, 2.75) is 13.3 Å². The molecular weight excluding hydrogens is 292 g/mol. The van der Waals surface area contributed by atoms with Gasteiger partial charge >= 0.3 is 0 Å². The predicted octanol–water partition coefficient (Wildman–Crippen LogP) is 2.61. The zero-order chi connectivity index (χ0) is 16.2. The van der Waals surface area contributed by atoms with E-state index >= 15 is 0 Å². The first-order valence-corrected chi connectivity index (χ1v) is 7.58. The first-order chi connectivity index (χ1) is 11.2. The van der Waals surface area contributed by atoms with Crippen LogP contribution in [0.25, 0.3) is 0 Å². The molecule has 0 bridgehead atoms. The number of nitrogens with one attached hydrogen (secondary N) is 1. The maximum atomic E-state index is 12.3. The van der Waals surface area contributed by atoms with Crippen LogP contribution in [0.2, 0.25) is 0 Å². The SMILES string of the molecule is CCc1cccc(NC(=O)CN2C(=O)COc3ccccc32)c1. The van der Waals surface area contributed by atoms with Crippen LogP contribution in [0.3, 0.4) is 0 Å². The second-order valence-electron chi connectivity index (χ2n) is 5.34. The summed E-state index contributed by atoms with van der Waals surface area (Å²) < 4.78 is 5.37. The molecule has 1 heterocycles. The van der Waals surface area contributed by atoms with E-state index in [0.717, 1.165) is 17.7 Å². The molecule has 0 radical (unpaired) electrons. The molecule has 1 N–H and O–H groups in total. The van der Waals surface area contributed by atoms with Crippen molar-refractivity contribution in [3.8, 4) is 5.75 Å². The Bertz CT molecular complexity index is 743. The summed E-state index contributed by atoms with van der Waals surface area (Å²) in [6, 6.07) is 14.9. The zero-order valence-electron chi connectivity index (χ0n) is 12.9. The lowest BCUT2D eigenvalue weighted by atomic mass is 10.1. The Labute approximate surface area is 134 Å². The maximum absolute atomic E-state index is 12.3. The molecule has 2 amide bonds. The Morgan fingerprint density at radius 1 is 1.22 bits per heavy atom. The van der Waals surface area contributed by atoms with Crippen LogP contribution in [0.1, 0.15) is 12.5 Å². The monoisotopic (exact) mass is 310 g/mol. The molecular formula is C18H18N2O3. The number of hydrogen-bond acceptors (Lipinski definition) is 3. The topological polar surface area (TPSA) is 58.6 Å². The van der Waals surface area contributed by atoms with Crippen LogP contribution in [0.15, 0.2) is 48.5 Å². The minimum atomic E-state index is -0.233. The maximum Gasteiger partial charge on any atom is 0.265 e. The highest BCUT2D eigenvalue weighted by Gasteiger charge is 2.26. The average molecular weight is 310 g/mol. The molecule has 0 aromatic heterocycles. The van der Waals surface area contributed by atoms with Crippen molar-refractivity contribution in [1.82, 2.24) is 0 Å². The quantitative estimate of drug-likeness (QED) is 0.944. The summed E-state index contributed by atoms with van der Waals surface area (Å²) in [6.45, 7) is 1.98. The summed E-state index contributed by atoms with van der Waals surface area (Å²) in [5, 5.41) is 2.84. The van der Waals surface area contributed by atoms with E-state index in [4.69, 9.17) is 4.74 Å². The third-order valence-corrected chi connectivity index (χ3v) is 3.73. The fourth-order valence-electron chi connectivity index (χ4n) is 2.54. The number of amides is 2. The zero-order valence-corrected chi connectivity index (χ0v) is 12.9. The molecule has 23 heavy (non-hydrogen) atoms. The van der Waals surface area contributed by atoms with E-state index in [1.165, 1.54) is 4.90 Å². The van der Waals surface area contributed by atoms with Gasteiger partial charge in [-0.2, -0.15) is 0 Å². The van der Waals surface area contributed by atoms with E-state index in [-0.39, 0.29) is 25.0 Å². The number of hydrogen-bond donors (Lipinski definition) is 1. The van der Waals surface area contributed by atoms with Crippen LogP contribution in [0, 0.1) is 0 Å². The summed E-state index contributed by atoms with van der Waals surface area (Å²) in [4.78, 5) is 25.8. The van der Waals surface area contributed by atoms with E-state index in [0.29, 0.717) is 11.4 Å². The highest BCUT2D eigenvalue weighted by molar-refractivity contribution is 6.04. The van der Waals surface area contributed by atoms with Gasteiger partial charge in [0.15, 0.2) is 6.61 Å². The third-order valence-electron chi connectivity index (χ3n) is 3.73. The van der Waals surface area contributed by atoms with Crippen molar-refractivity contribution in [3.05, 3.63) is 54.1 Å². The number of ether oxygens (including phenoxy) is 1. The molecule has 0 fully saturated rings. The molecule has 1 aliphatic heterocycles. The van der Waals surface area contributed by atoms with Crippen LogP contribution >= 0.6 is 0 Å². The largest absolute Gasteiger partial charge is 0.482 e. The lowest BCUT2D eigenvalue weighted by Gasteiger charge is -2.28. The van der Waals surface area contributed by atoms with Crippen molar-refractivity contribution in [3.63, 3.8) is 0 Å². The summed E-state index contributed by atoms with van der Waals surface area (Å²) in [5.74, 6) is 0.164. The molecule has 3 rings (SSSR count).